The Kier molecular flexibility index (Phi) is 4.33. The number of halogens is 2. The van der Waals surface area contributed by atoms with Crippen molar-refractivity contribution < 1.29 is 17.2 Å². The van der Waals surface area contributed by atoms with Gasteiger partial charge in [-0.25, -0.2) is 22.2 Å². The Morgan fingerprint density at radius 3 is 2.38 bits per heavy atom. The normalized spacial score (nSPS) is 11.5. The molecule has 0 aliphatic heterocycles. The number of benzene rings is 2. The van der Waals surface area contributed by atoms with E-state index in [0.717, 1.165) is 17.1 Å². The average molecular weight is 366 g/mol. The van der Waals surface area contributed by atoms with Crippen molar-refractivity contribution in [2.45, 2.75) is 11.8 Å². The van der Waals surface area contributed by atoms with E-state index in [0.29, 0.717) is 17.3 Å². The Bertz CT molecular complexity index is 981. The topological polar surface area (TPSA) is 59.1 Å². The Labute approximate surface area is 141 Å². The predicted octanol–water partition coefficient (Wildman–Crippen LogP) is 4.20. The molecule has 0 unspecified atom stereocenters. The van der Waals surface area contributed by atoms with E-state index in [-0.39, 0.29) is 5.69 Å². The molecule has 0 radical (unpaired) electrons. The maximum atomic E-state index is 13.3. The van der Waals surface area contributed by atoms with E-state index < -0.39 is 26.6 Å². The van der Waals surface area contributed by atoms with Crippen molar-refractivity contribution in [1.82, 2.24) is 4.98 Å². The van der Waals surface area contributed by atoms with Crippen LogP contribution >= 0.6 is 11.3 Å². The molecule has 124 valence electrons. The lowest BCUT2D eigenvalue weighted by Gasteiger charge is -2.11. The smallest absolute Gasteiger partial charge is 0.262 e. The van der Waals surface area contributed by atoms with E-state index >= 15 is 0 Å². The molecular formula is C16H12F2N2O2S2. The van der Waals surface area contributed by atoms with E-state index in [1.54, 1.807) is 24.3 Å². The molecule has 0 amide bonds. The summed E-state index contributed by atoms with van der Waals surface area (Å²) in [5.74, 6) is -1.92. The molecule has 2 aromatic carbocycles. The van der Waals surface area contributed by atoms with Crippen LogP contribution in [0.15, 0.2) is 52.7 Å². The molecule has 1 heterocycles. The van der Waals surface area contributed by atoms with Crippen LogP contribution in [-0.2, 0) is 10.0 Å². The van der Waals surface area contributed by atoms with Crippen molar-refractivity contribution in [2.24, 2.45) is 0 Å². The summed E-state index contributed by atoms with van der Waals surface area (Å²) in [7, 11) is -4.14. The zero-order valence-corrected chi connectivity index (χ0v) is 14.1. The third kappa shape index (κ3) is 3.44. The number of para-hydroxylation sites is 1. The summed E-state index contributed by atoms with van der Waals surface area (Å²) in [6.07, 6.45) is 0. The first kappa shape index (κ1) is 16.5. The molecule has 1 aromatic heterocycles. The number of nitrogens with one attached hydrogen (secondary N) is 1. The van der Waals surface area contributed by atoms with Crippen LogP contribution < -0.4 is 4.72 Å². The molecule has 0 spiro atoms. The van der Waals surface area contributed by atoms with E-state index in [2.05, 4.69) is 9.71 Å². The lowest BCUT2D eigenvalue weighted by molar-refractivity contribution is 0.568. The SMILES string of the molecule is Cc1nc(-c2ccccc2NS(=O)(=O)c2cc(F)cc(F)c2)cs1. The molecule has 4 nitrogen and oxygen atoms in total. The van der Waals surface area contributed by atoms with Crippen LogP contribution in [0.1, 0.15) is 5.01 Å². The van der Waals surface area contributed by atoms with Crippen molar-refractivity contribution in [3.05, 3.63) is 64.5 Å². The molecule has 24 heavy (non-hydrogen) atoms. The van der Waals surface area contributed by atoms with Gasteiger partial charge in [0, 0.05) is 17.0 Å². The van der Waals surface area contributed by atoms with Gasteiger partial charge in [-0.1, -0.05) is 18.2 Å². The molecule has 1 N–H and O–H groups in total. The standard InChI is InChI=1S/C16H12F2N2O2S2/c1-10-19-16(9-23-10)14-4-2-3-5-15(14)20-24(21,22)13-7-11(17)6-12(18)8-13/h2-9,20H,1H3. The Balaban J connectivity index is 2.02. The fourth-order valence-corrected chi connectivity index (χ4v) is 3.90. The summed E-state index contributed by atoms with van der Waals surface area (Å²) in [6.45, 7) is 1.84. The molecule has 3 rings (SSSR count). The lowest BCUT2D eigenvalue weighted by atomic mass is 10.1. The zero-order valence-electron chi connectivity index (χ0n) is 12.5. The molecule has 0 bridgehead atoms. The fraction of sp³-hybridized carbons (Fsp3) is 0.0625. The van der Waals surface area contributed by atoms with Gasteiger partial charge in [0.05, 0.1) is 21.3 Å². The van der Waals surface area contributed by atoms with Crippen molar-refractivity contribution in [1.29, 1.82) is 0 Å². The van der Waals surface area contributed by atoms with Crippen molar-refractivity contribution in [3.63, 3.8) is 0 Å². The highest BCUT2D eigenvalue weighted by Gasteiger charge is 2.19. The molecular weight excluding hydrogens is 354 g/mol. The third-order valence-electron chi connectivity index (χ3n) is 3.21. The summed E-state index contributed by atoms with van der Waals surface area (Å²) in [5.41, 5.74) is 1.50. The van der Waals surface area contributed by atoms with Gasteiger partial charge < -0.3 is 0 Å². The molecule has 0 aliphatic carbocycles. The minimum Gasteiger partial charge on any atom is -0.279 e. The quantitative estimate of drug-likeness (QED) is 0.753. The van der Waals surface area contributed by atoms with Crippen LogP contribution in [0.2, 0.25) is 0 Å². The second-order valence-electron chi connectivity index (χ2n) is 5.01. The molecule has 0 atom stereocenters. The number of aromatic nitrogens is 1. The minimum atomic E-state index is -4.14. The lowest BCUT2D eigenvalue weighted by Crippen LogP contribution is -2.14. The van der Waals surface area contributed by atoms with E-state index in [9.17, 15) is 17.2 Å². The van der Waals surface area contributed by atoms with Gasteiger partial charge in [0.2, 0.25) is 0 Å². The van der Waals surface area contributed by atoms with Gasteiger partial charge >= 0.3 is 0 Å². The summed E-state index contributed by atoms with van der Waals surface area (Å²) < 4.78 is 53.8. The minimum absolute atomic E-state index is 0.285. The number of nitrogens with zero attached hydrogens (tertiary/aromatic N) is 1. The van der Waals surface area contributed by atoms with Gasteiger partial charge in [-0.15, -0.1) is 11.3 Å². The molecule has 3 aromatic rings. The molecule has 0 saturated carbocycles. The molecule has 0 saturated heterocycles. The predicted molar refractivity (Wildman–Crippen MR) is 89.5 cm³/mol. The summed E-state index contributed by atoms with van der Waals surface area (Å²) in [6, 6.07) is 8.85. The zero-order chi connectivity index (χ0) is 17.3. The maximum Gasteiger partial charge on any atom is 0.262 e. The van der Waals surface area contributed by atoms with Crippen molar-refractivity contribution in [2.75, 3.05) is 4.72 Å². The Morgan fingerprint density at radius 2 is 1.75 bits per heavy atom. The number of hydrogen-bond donors (Lipinski definition) is 1. The highest BCUT2D eigenvalue weighted by molar-refractivity contribution is 7.92. The third-order valence-corrected chi connectivity index (χ3v) is 5.33. The van der Waals surface area contributed by atoms with Crippen LogP contribution in [0.5, 0.6) is 0 Å². The monoisotopic (exact) mass is 366 g/mol. The number of hydrogen-bond acceptors (Lipinski definition) is 4. The number of rotatable bonds is 4. The van der Waals surface area contributed by atoms with E-state index in [1.165, 1.54) is 11.3 Å². The van der Waals surface area contributed by atoms with Crippen LogP contribution in [0.3, 0.4) is 0 Å². The van der Waals surface area contributed by atoms with Crippen molar-refractivity contribution in [3.8, 4) is 11.3 Å². The number of sulfonamides is 1. The van der Waals surface area contributed by atoms with Crippen LogP contribution in [0.4, 0.5) is 14.5 Å². The van der Waals surface area contributed by atoms with Crippen molar-refractivity contribution >= 4 is 27.0 Å². The molecule has 8 heteroatoms. The fourth-order valence-electron chi connectivity index (χ4n) is 2.17. The van der Waals surface area contributed by atoms with Gasteiger partial charge in [0.15, 0.2) is 0 Å². The number of thiazole rings is 1. The molecule has 0 fully saturated rings. The number of aryl methyl sites for hydroxylation is 1. The van der Waals surface area contributed by atoms with Gasteiger partial charge in [0.1, 0.15) is 11.6 Å². The summed E-state index contributed by atoms with van der Waals surface area (Å²) in [4.78, 5) is 3.85. The first-order valence-electron chi connectivity index (χ1n) is 6.85. The highest BCUT2D eigenvalue weighted by Crippen LogP contribution is 2.30. The van der Waals surface area contributed by atoms with Gasteiger partial charge in [-0.2, -0.15) is 0 Å². The summed E-state index contributed by atoms with van der Waals surface area (Å²) in [5, 5.41) is 2.65. The summed E-state index contributed by atoms with van der Waals surface area (Å²) >= 11 is 1.44. The first-order chi connectivity index (χ1) is 11.3. The van der Waals surface area contributed by atoms with Crippen LogP contribution in [0, 0.1) is 18.6 Å². The largest absolute Gasteiger partial charge is 0.279 e. The van der Waals surface area contributed by atoms with Gasteiger partial charge in [-0.3, -0.25) is 4.72 Å². The Morgan fingerprint density at radius 1 is 1.08 bits per heavy atom. The van der Waals surface area contributed by atoms with E-state index in [1.807, 2.05) is 12.3 Å². The second kappa shape index (κ2) is 6.29. The number of anilines is 1. The second-order valence-corrected chi connectivity index (χ2v) is 7.75. The van der Waals surface area contributed by atoms with Gasteiger partial charge in [-0.05, 0) is 25.1 Å². The van der Waals surface area contributed by atoms with Crippen LogP contribution in [0.25, 0.3) is 11.3 Å². The highest BCUT2D eigenvalue weighted by atomic mass is 32.2. The van der Waals surface area contributed by atoms with Gasteiger partial charge in [0.25, 0.3) is 10.0 Å². The Hall–Kier alpha value is -2.32. The first-order valence-corrected chi connectivity index (χ1v) is 9.22. The molecule has 0 aliphatic rings. The maximum absolute atomic E-state index is 13.3. The van der Waals surface area contributed by atoms with E-state index in [4.69, 9.17) is 0 Å². The average Bonchev–Trinajstić information content (AvgIpc) is 2.93. The van der Waals surface area contributed by atoms with Crippen LogP contribution in [-0.4, -0.2) is 13.4 Å².